The minimum atomic E-state index is -3.87. The molecule has 27 heavy (non-hydrogen) atoms. The minimum absolute atomic E-state index is 0.108. The molecule has 7 nitrogen and oxygen atoms in total. The fraction of sp³-hybridized carbons (Fsp3) is 0.235. The van der Waals surface area contributed by atoms with Gasteiger partial charge >= 0.3 is 6.61 Å². The van der Waals surface area contributed by atoms with Crippen molar-refractivity contribution in [1.82, 2.24) is 19.7 Å². The summed E-state index contributed by atoms with van der Waals surface area (Å²) in [5, 5.41) is 7.60. The number of alkyl halides is 2. The van der Waals surface area contributed by atoms with Gasteiger partial charge in [0.05, 0.1) is 5.75 Å². The second-order valence-corrected chi connectivity index (χ2v) is 7.43. The molecule has 0 atom stereocenters. The highest BCUT2D eigenvalue weighted by Crippen LogP contribution is 2.23. The molecule has 0 saturated carbocycles. The van der Waals surface area contributed by atoms with Gasteiger partial charge in [-0.25, -0.2) is 8.42 Å². The van der Waals surface area contributed by atoms with Crippen molar-refractivity contribution in [2.45, 2.75) is 31.0 Å². The molecule has 10 heteroatoms. The summed E-state index contributed by atoms with van der Waals surface area (Å²) < 4.78 is 56.1. The number of sulfone groups is 1. The van der Waals surface area contributed by atoms with E-state index in [1.54, 1.807) is 31.3 Å². The van der Waals surface area contributed by atoms with Gasteiger partial charge in [0.2, 0.25) is 15.0 Å². The smallest absolute Gasteiger partial charge is 0.387 e. The van der Waals surface area contributed by atoms with Gasteiger partial charge < -0.3 is 4.74 Å². The van der Waals surface area contributed by atoms with E-state index in [4.69, 9.17) is 0 Å². The Balaban J connectivity index is 1.93. The molecule has 142 valence electrons. The summed E-state index contributed by atoms with van der Waals surface area (Å²) >= 11 is 0. The minimum Gasteiger partial charge on any atom is -0.435 e. The third kappa shape index (κ3) is 4.27. The number of benzene rings is 1. The lowest BCUT2D eigenvalue weighted by molar-refractivity contribution is -0.0498. The summed E-state index contributed by atoms with van der Waals surface area (Å²) in [6, 6.07) is 10.8. The number of rotatable bonds is 7. The first kappa shape index (κ1) is 18.9. The molecule has 0 aliphatic rings. The molecular weight excluding hydrogens is 378 g/mol. The predicted octanol–water partition coefficient (Wildman–Crippen LogP) is 2.94. The van der Waals surface area contributed by atoms with Crippen molar-refractivity contribution in [3.8, 4) is 17.3 Å². The van der Waals surface area contributed by atoms with Crippen LogP contribution in [0.4, 0.5) is 8.78 Å². The summed E-state index contributed by atoms with van der Waals surface area (Å²) in [6.45, 7) is -0.894. The lowest BCUT2D eigenvalue weighted by Gasteiger charge is -2.09. The first-order valence-electron chi connectivity index (χ1n) is 8.02. The van der Waals surface area contributed by atoms with Gasteiger partial charge in [0.25, 0.3) is 0 Å². The number of hydrogen-bond donors (Lipinski definition) is 0. The molecule has 3 rings (SSSR count). The maximum atomic E-state index is 12.8. The Morgan fingerprint density at radius 1 is 1.15 bits per heavy atom. The van der Waals surface area contributed by atoms with Crippen molar-refractivity contribution in [3.63, 3.8) is 0 Å². The fourth-order valence-electron chi connectivity index (χ4n) is 2.58. The van der Waals surface area contributed by atoms with E-state index in [-0.39, 0.29) is 10.9 Å². The molecule has 0 unspecified atom stereocenters. The SMILES string of the molecule is CCn1c(-c2ccccn2)nnc1S(=O)(=O)Cc1cccc(OC(F)F)c1. The highest BCUT2D eigenvalue weighted by Gasteiger charge is 2.25. The lowest BCUT2D eigenvalue weighted by Crippen LogP contribution is -2.13. The van der Waals surface area contributed by atoms with Gasteiger partial charge in [0, 0.05) is 12.7 Å². The van der Waals surface area contributed by atoms with Crippen molar-refractivity contribution in [2.24, 2.45) is 0 Å². The van der Waals surface area contributed by atoms with Gasteiger partial charge in [-0.15, -0.1) is 10.2 Å². The molecule has 0 aliphatic heterocycles. The Bertz CT molecular complexity index is 1020. The zero-order valence-corrected chi connectivity index (χ0v) is 15.1. The molecular formula is C17H16F2N4O3S. The second-order valence-electron chi connectivity index (χ2n) is 5.55. The molecule has 0 aliphatic carbocycles. The van der Waals surface area contributed by atoms with Crippen molar-refractivity contribution in [2.75, 3.05) is 0 Å². The number of ether oxygens (including phenoxy) is 1. The van der Waals surface area contributed by atoms with Gasteiger partial charge in [-0.3, -0.25) is 9.55 Å². The first-order valence-corrected chi connectivity index (χ1v) is 9.67. The summed E-state index contributed by atoms with van der Waals surface area (Å²) in [5.41, 5.74) is 0.804. The van der Waals surface area contributed by atoms with Crippen LogP contribution in [-0.2, 0) is 22.1 Å². The van der Waals surface area contributed by atoms with Gasteiger partial charge in [-0.05, 0) is 36.8 Å². The zero-order chi connectivity index (χ0) is 19.4. The predicted molar refractivity (Wildman–Crippen MR) is 92.9 cm³/mol. The first-order chi connectivity index (χ1) is 12.9. The lowest BCUT2D eigenvalue weighted by atomic mass is 10.2. The Hall–Kier alpha value is -2.88. The number of nitrogens with zero attached hydrogens (tertiary/aromatic N) is 4. The summed E-state index contributed by atoms with van der Waals surface area (Å²) in [6.07, 6.45) is 1.58. The van der Waals surface area contributed by atoms with Crippen molar-refractivity contribution in [1.29, 1.82) is 0 Å². The van der Waals surface area contributed by atoms with Crippen LogP contribution < -0.4 is 4.74 Å². The quantitative estimate of drug-likeness (QED) is 0.612. The van der Waals surface area contributed by atoms with Gasteiger partial charge in [0.15, 0.2) is 5.82 Å². The van der Waals surface area contributed by atoms with Crippen molar-refractivity contribution in [3.05, 3.63) is 54.2 Å². The summed E-state index contributed by atoms with van der Waals surface area (Å²) in [5.74, 6) is -0.191. The monoisotopic (exact) mass is 394 g/mol. The van der Waals surface area contributed by atoms with Crippen LogP contribution in [0.3, 0.4) is 0 Å². The van der Waals surface area contributed by atoms with E-state index in [2.05, 4.69) is 19.9 Å². The molecule has 0 N–H and O–H groups in total. The molecule has 1 aromatic carbocycles. The van der Waals surface area contributed by atoms with Crippen molar-refractivity contribution >= 4 is 9.84 Å². The molecule has 0 fully saturated rings. The van der Waals surface area contributed by atoms with E-state index in [9.17, 15) is 17.2 Å². The Morgan fingerprint density at radius 3 is 2.63 bits per heavy atom. The maximum Gasteiger partial charge on any atom is 0.387 e. The molecule has 0 radical (unpaired) electrons. The average molecular weight is 394 g/mol. The van der Waals surface area contributed by atoms with Crippen LogP contribution in [0.2, 0.25) is 0 Å². The highest BCUT2D eigenvalue weighted by atomic mass is 32.2. The van der Waals surface area contributed by atoms with Crippen molar-refractivity contribution < 1.29 is 21.9 Å². The standard InChI is InChI=1S/C17H16F2N4O3S/c1-2-23-15(14-8-3-4-9-20-14)21-22-17(23)27(24,25)11-12-6-5-7-13(10-12)26-16(18)19/h3-10,16H,2,11H2,1H3. The highest BCUT2D eigenvalue weighted by molar-refractivity contribution is 7.90. The fourth-order valence-corrected chi connectivity index (χ4v) is 4.05. The number of halogens is 2. The molecule has 2 heterocycles. The number of aromatic nitrogens is 4. The van der Waals surface area contributed by atoms with Gasteiger partial charge in [-0.1, -0.05) is 18.2 Å². The Labute approximate surface area is 154 Å². The van der Waals surface area contributed by atoms with Crippen LogP contribution in [0, 0.1) is 0 Å². The van der Waals surface area contributed by atoms with Gasteiger partial charge in [0.1, 0.15) is 11.4 Å². The van der Waals surface area contributed by atoms with Gasteiger partial charge in [-0.2, -0.15) is 8.78 Å². The molecule has 2 aromatic heterocycles. The molecule has 0 amide bonds. The largest absolute Gasteiger partial charge is 0.435 e. The second kappa shape index (κ2) is 7.78. The van der Waals surface area contributed by atoms with Crippen LogP contribution in [0.15, 0.2) is 53.8 Å². The maximum absolute atomic E-state index is 12.8. The average Bonchev–Trinajstić information content (AvgIpc) is 3.07. The number of pyridine rings is 1. The zero-order valence-electron chi connectivity index (χ0n) is 14.3. The van der Waals surface area contributed by atoms with Crippen LogP contribution in [-0.4, -0.2) is 34.8 Å². The van der Waals surface area contributed by atoms with E-state index in [1.807, 2.05) is 0 Å². The summed E-state index contributed by atoms with van der Waals surface area (Å²) in [4.78, 5) is 4.17. The molecule has 0 spiro atoms. The molecule has 0 saturated heterocycles. The number of hydrogen-bond acceptors (Lipinski definition) is 6. The topological polar surface area (TPSA) is 87.0 Å². The van der Waals surface area contributed by atoms with E-state index >= 15 is 0 Å². The van der Waals surface area contributed by atoms with E-state index in [1.165, 1.54) is 28.8 Å². The van der Waals surface area contributed by atoms with Crippen LogP contribution in [0.25, 0.3) is 11.5 Å². The Morgan fingerprint density at radius 2 is 1.96 bits per heavy atom. The van der Waals surface area contributed by atoms with Crippen LogP contribution >= 0.6 is 0 Å². The van der Waals surface area contributed by atoms with E-state index in [0.29, 0.717) is 23.6 Å². The van der Waals surface area contributed by atoms with E-state index < -0.39 is 22.2 Å². The third-order valence-corrected chi connectivity index (χ3v) is 5.26. The van der Waals surface area contributed by atoms with Crippen LogP contribution in [0.1, 0.15) is 12.5 Å². The summed E-state index contributed by atoms with van der Waals surface area (Å²) in [7, 11) is -3.87. The third-order valence-electron chi connectivity index (χ3n) is 3.69. The normalized spacial score (nSPS) is 11.7. The molecule has 3 aromatic rings. The Kier molecular flexibility index (Phi) is 5.45. The van der Waals surface area contributed by atoms with Crippen LogP contribution in [0.5, 0.6) is 5.75 Å². The molecule has 0 bridgehead atoms. The van der Waals surface area contributed by atoms with E-state index in [0.717, 1.165) is 0 Å².